The molecule has 0 heterocycles. The zero-order valence-electron chi connectivity index (χ0n) is 9.64. The van der Waals surface area contributed by atoms with Crippen molar-refractivity contribution in [3.63, 3.8) is 0 Å². The van der Waals surface area contributed by atoms with E-state index in [0.29, 0.717) is 6.10 Å². The monoisotopic (exact) mass is 274 g/mol. The molecule has 0 aliphatic heterocycles. The van der Waals surface area contributed by atoms with E-state index in [-0.39, 0.29) is 5.60 Å². The van der Waals surface area contributed by atoms with Crippen molar-refractivity contribution in [1.29, 1.82) is 0 Å². The summed E-state index contributed by atoms with van der Waals surface area (Å²) in [5, 5.41) is 1.04. The topological polar surface area (TPSA) is 9.23 Å². The summed E-state index contributed by atoms with van der Waals surface area (Å²) >= 11 is 3.69. The highest BCUT2D eigenvalue weighted by molar-refractivity contribution is 9.09. The Hall–Kier alpha value is 0.440. The molecule has 0 radical (unpaired) electrons. The summed E-state index contributed by atoms with van der Waals surface area (Å²) < 4.78 is 6.42. The van der Waals surface area contributed by atoms with Gasteiger partial charge in [-0.3, -0.25) is 0 Å². The average Bonchev–Trinajstić information content (AvgIpc) is 2.64. The van der Waals surface area contributed by atoms with Gasteiger partial charge in [0.15, 0.2) is 0 Å². The second-order valence-corrected chi connectivity index (χ2v) is 5.82. The second-order valence-electron chi connectivity index (χ2n) is 5.26. The molecule has 0 aromatic rings. The van der Waals surface area contributed by atoms with Crippen LogP contribution in [-0.2, 0) is 4.74 Å². The van der Waals surface area contributed by atoms with E-state index in [1.807, 2.05) is 0 Å². The van der Waals surface area contributed by atoms with Gasteiger partial charge in [-0.15, -0.1) is 0 Å². The first-order valence-corrected chi connectivity index (χ1v) is 7.71. The number of hydrogen-bond donors (Lipinski definition) is 0. The molecular formula is C13H23BrO. The third-order valence-corrected chi connectivity index (χ3v) is 5.00. The number of hydrogen-bond acceptors (Lipinski definition) is 1. The van der Waals surface area contributed by atoms with E-state index >= 15 is 0 Å². The number of halogens is 1. The zero-order valence-corrected chi connectivity index (χ0v) is 11.2. The summed E-state index contributed by atoms with van der Waals surface area (Å²) in [5.41, 5.74) is 0.186. The molecule has 2 heteroatoms. The number of alkyl halides is 1. The summed E-state index contributed by atoms with van der Waals surface area (Å²) in [6, 6.07) is 0. The van der Waals surface area contributed by atoms with Gasteiger partial charge in [0.1, 0.15) is 0 Å². The van der Waals surface area contributed by atoms with E-state index in [1.165, 1.54) is 64.2 Å². The largest absolute Gasteiger partial charge is 0.371 e. The van der Waals surface area contributed by atoms with Crippen molar-refractivity contribution in [2.24, 2.45) is 0 Å². The van der Waals surface area contributed by atoms with Crippen molar-refractivity contribution in [3.05, 3.63) is 0 Å². The summed E-state index contributed by atoms with van der Waals surface area (Å²) in [6.45, 7) is 0. The zero-order chi connectivity index (χ0) is 10.6. The van der Waals surface area contributed by atoms with Gasteiger partial charge >= 0.3 is 0 Å². The first kappa shape index (κ1) is 11.9. The molecule has 0 aromatic carbocycles. The first-order chi connectivity index (χ1) is 7.35. The lowest BCUT2D eigenvalue weighted by molar-refractivity contribution is -0.0838. The predicted molar refractivity (Wildman–Crippen MR) is 67.6 cm³/mol. The molecule has 2 fully saturated rings. The molecule has 0 saturated heterocycles. The highest BCUT2D eigenvalue weighted by Crippen LogP contribution is 2.36. The van der Waals surface area contributed by atoms with Crippen LogP contribution in [0.5, 0.6) is 0 Å². The standard InChI is InChI=1S/C13H23BrO/c14-11-13(9-5-1-2-6-10-13)15-12-7-3-4-8-12/h12H,1-11H2. The molecule has 0 unspecified atom stereocenters. The van der Waals surface area contributed by atoms with Gasteiger partial charge < -0.3 is 4.74 Å². The fourth-order valence-corrected chi connectivity index (χ4v) is 3.71. The fraction of sp³-hybridized carbons (Fsp3) is 1.00. The molecule has 0 spiro atoms. The van der Waals surface area contributed by atoms with Crippen LogP contribution in [0.2, 0.25) is 0 Å². The lowest BCUT2D eigenvalue weighted by Crippen LogP contribution is -2.37. The van der Waals surface area contributed by atoms with Gasteiger partial charge in [-0.1, -0.05) is 54.5 Å². The maximum Gasteiger partial charge on any atom is 0.0782 e. The van der Waals surface area contributed by atoms with Crippen LogP contribution in [-0.4, -0.2) is 17.0 Å². The smallest absolute Gasteiger partial charge is 0.0782 e. The van der Waals surface area contributed by atoms with Crippen molar-refractivity contribution >= 4 is 15.9 Å². The molecule has 0 amide bonds. The number of rotatable bonds is 3. The van der Waals surface area contributed by atoms with Crippen LogP contribution in [0.25, 0.3) is 0 Å². The molecule has 0 aromatic heterocycles. The van der Waals surface area contributed by atoms with Crippen LogP contribution >= 0.6 is 15.9 Å². The Morgan fingerprint density at radius 1 is 0.933 bits per heavy atom. The summed E-state index contributed by atoms with van der Waals surface area (Å²) in [7, 11) is 0. The van der Waals surface area contributed by atoms with Gasteiger partial charge in [0, 0.05) is 5.33 Å². The predicted octanol–water partition coefficient (Wildman–Crippen LogP) is 4.43. The van der Waals surface area contributed by atoms with Crippen LogP contribution in [0.4, 0.5) is 0 Å². The van der Waals surface area contributed by atoms with Crippen LogP contribution in [0, 0.1) is 0 Å². The third kappa shape index (κ3) is 3.20. The van der Waals surface area contributed by atoms with Gasteiger partial charge in [0.2, 0.25) is 0 Å². The Kier molecular flexibility index (Phi) is 4.51. The molecule has 0 bridgehead atoms. The van der Waals surface area contributed by atoms with Crippen molar-refractivity contribution < 1.29 is 4.74 Å². The minimum absolute atomic E-state index is 0.186. The van der Waals surface area contributed by atoms with E-state index in [4.69, 9.17) is 4.74 Å². The SMILES string of the molecule is BrCC1(OC2CCCC2)CCCCCC1. The molecule has 88 valence electrons. The Bertz CT molecular complexity index is 179. The summed E-state index contributed by atoms with van der Waals surface area (Å²) in [5.74, 6) is 0. The van der Waals surface area contributed by atoms with Gasteiger partial charge in [-0.05, 0) is 25.7 Å². The van der Waals surface area contributed by atoms with Crippen LogP contribution in [0.3, 0.4) is 0 Å². The molecule has 0 atom stereocenters. The van der Waals surface area contributed by atoms with Crippen molar-refractivity contribution in [1.82, 2.24) is 0 Å². The van der Waals surface area contributed by atoms with Gasteiger partial charge in [-0.2, -0.15) is 0 Å². The van der Waals surface area contributed by atoms with E-state index in [2.05, 4.69) is 15.9 Å². The van der Waals surface area contributed by atoms with Gasteiger partial charge in [0.05, 0.1) is 11.7 Å². The highest BCUT2D eigenvalue weighted by atomic mass is 79.9. The van der Waals surface area contributed by atoms with E-state index in [9.17, 15) is 0 Å². The molecular weight excluding hydrogens is 252 g/mol. The minimum atomic E-state index is 0.186. The third-order valence-electron chi connectivity index (χ3n) is 3.98. The van der Waals surface area contributed by atoms with Crippen molar-refractivity contribution in [2.45, 2.75) is 75.9 Å². The second kappa shape index (κ2) is 5.67. The molecule has 2 aliphatic rings. The normalized spacial score (nSPS) is 27.8. The Labute approximate surface area is 102 Å². The van der Waals surface area contributed by atoms with Gasteiger partial charge in [-0.25, -0.2) is 0 Å². The molecule has 15 heavy (non-hydrogen) atoms. The lowest BCUT2D eigenvalue weighted by atomic mass is 9.96. The van der Waals surface area contributed by atoms with Crippen LogP contribution < -0.4 is 0 Å². The quantitative estimate of drug-likeness (QED) is 0.546. The van der Waals surface area contributed by atoms with E-state index < -0.39 is 0 Å². The van der Waals surface area contributed by atoms with E-state index in [0.717, 1.165) is 5.33 Å². The maximum atomic E-state index is 6.42. The van der Waals surface area contributed by atoms with Crippen LogP contribution in [0.1, 0.15) is 64.2 Å². The Balaban J connectivity index is 1.92. The number of ether oxygens (including phenoxy) is 1. The van der Waals surface area contributed by atoms with Gasteiger partial charge in [0.25, 0.3) is 0 Å². The molecule has 2 saturated carbocycles. The minimum Gasteiger partial charge on any atom is -0.371 e. The fourth-order valence-electron chi connectivity index (χ4n) is 3.02. The first-order valence-electron chi connectivity index (χ1n) is 6.58. The maximum absolute atomic E-state index is 6.42. The highest BCUT2D eigenvalue weighted by Gasteiger charge is 2.34. The average molecular weight is 275 g/mol. The molecule has 1 nitrogen and oxygen atoms in total. The molecule has 2 aliphatic carbocycles. The van der Waals surface area contributed by atoms with Crippen molar-refractivity contribution in [3.8, 4) is 0 Å². The summed E-state index contributed by atoms with van der Waals surface area (Å²) in [6.07, 6.45) is 14.0. The molecule has 2 rings (SSSR count). The molecule has 0 N–H and O–H groups in total. The van der Waals surface area contributed by atoms with Crippen molar-refractivity contribution in [2.75, 3.05) is 5.33 Å². The summed E-state index contributed by atoms with van der Waals surface area (Å²) in [4.78, 5) is 0. The lowest BCUT2D eigenvalue weighted by Gasteiger charge is -2.34. The van der Waals surface area contributed by atoms with E-state index in [1.54, 1.807) is 0 Å². The Morgan fingerprint density at radius 2 is 1.53 bits per heavy atom. The van der Waals surface area contributed by atoms with Crippen LogP contribution in [0.15, 0.2) is 0 Å². The Morgan fingerprint density at radius 3 is 2.07 bits per heavy atom.